The van der Waals surface area contributed by atoms with Crippen molar-refractivity contribution >= 4 is 17.7 Å². The maximum absolute atomic E-state index is 12.0. The van der Waals surface area contributed by atoms with Gasteiger partial charge in [0.05, 0.1) is 18.1 Å². The Labute approximate surface area is 152 Å². The van der Waals surface area contributed by atoms with Gasteiger partial charge in [0.25, 0.3) is 5.22 Å². The third kappa shape index (κ3) is 3.52. The van der Waals surface area contributed by atoms with Crippen molar-refractivity contribution in [3.63, 3.8) is 0 Å². The molecule has 1 aliphatic heterocycles. The monoisotopic (exact) mass is 373 g/mol. The minimum atomic E-state index is -0.204. The molecule has 0 radical (unpaired) electrons. The van der Waals surface area contributed by atoms with E-state index in [4.69, 9.17) is 18.3 Å². The Kier molecular flexibility index (Phi) is 4.53. The van der Waals surface area contributed by atoms with Crippen LogP contribution in [0.25, 0.3) is 11.5 Å². The highest BCUT2D eigenvalue weighted by molar-refractivity contribution is 7.99. The Morgan fingerprint density at radius 3 is 3.00 bits per heavy atom. The number of furan rings is 1. The number of thioether (sulfide) groups is 1. The summed E-state index contributed by atoms with van der Waals surface area (Å²) in [5, 5.41) is 11.1. The number of hydrogen-bond acceptors (Lipinski definition) is 8. The van der Waals surface area contributed by atoms with Crippen LogP contribution in [0.4, 0.5) is 0 Å². The number of rotatable bonds is 6. The van der Waals surface area contributed by atoms with E-state index in [0.29, 0.717) is 28.4 Å². The van der Waals surface area contributed by atoms with E-state index in [1.807, 2.05) is 19.1 Å². The van der Waals surface area contributed by atoms with Gasteiger partial charge < -0.3 is 23.6 Å². The minimum absolute atomic E-state index is 0.151. The molecule has 1 aliphatic rings. The van der Waals surface area contributed by atoms with Gasteiger partial charge in [-0.15, -0.1) is 10.2 Å². The number of amides is 1. The Morgan fingerprint density at radius 1 is 1.27 bits per heavy atom. The molecule has 3 heterocycles. The molecule has 2 aromatic heterocycles. The molecule has 4 rings (SSSR count). The zero-order valence-electron chi connectivity index (χ0n) is 13.8. The molecule has 0 bridgehead atoms. The molecule has 3 aromatic rings. The highest BCUT2D eigenvalue weighted by Crippen LogP contribution is 2.36. The number of nitrogens with one attached hydrogen (secondary N) is 1. The summed E-state index contributed by atoms with van der Waals surface area (Å²) in [6.07, 6.45) is 1.57. The van der Waals surface area contributed by atoms with Crippen molar-refractivity contribution in [3.05, 3.63) is 42.4 Å². The zero-order valence-corrected chi connectivity index (χ0v) is 14.6. The number of ether oxygens (including phenoxy) is 2. The summed E-state index contributed by atoms with van der Waals surface area (Å²) < 4.78 is 21.5. The van der Waals surface area contributed by atoms with Gasteiger partial charge in [0.1, 0.15) is 5.76 Å². The number of carbonyl (C=O) groups excluding carboxylic acids is 1. The number of hydrogen-bond donors (Lipinski definition) is 1. The quantitative estimate of drug-likeness (QED) is 0.658. The van der Waals surface area contributed by atoms with Crippen LogP contribution in [0, 0.1) is 0 Å². The van der Waals surface area contributed by atoms with Gasteiger partial charge in [-0.2, -0.15) is 0 Å². The normalized spacial score (nSPS) is 13.6. The Bertz CT molecular complexity index is 909. The highest BCUT2D eigenvalue weighted by Gasteiger charge is 2.18. The van der Waals surface area contributed by atoms with Gasteiger partial charge in [0.15, 0.2) is 11.5 Å². The van der Waals surface area contributed by atoms with Gasteiger partial charge in [0.2, 0.25) is 18.6 Å². The fraction of sp³-hybridized carbons (Fsp3) is 0.235. The van der Waals surface area contributed by atoms with E-state index in [1.54, 1.807) is 24.5 Å². The third-order valence-corrected chi connectivity index (χ3v) is 4.52. The van der Waals surface area contributed by atoms with Crippen LogP contribution in [-0.4, -0.2) is 28.7 Å². The van der Waals surface area contributed by atoms with Crippen molar-refractivity contribution in [2.45, 2.75) is 18.2 Å². The molecule has 0 unspecified atom stereocenters. The summed E-state index contributed by atoms with van der Waals surface area (Å²) in [5.41, 5.74) is 0.726. The number of nitrogens with zero attached hydrogens (tertiary/aromatic N) is 2. The average Bonchev–Trinajstić information content (AvgIpc) is 3.40. The topological polar surface area (TPSA) is 99.6 Å². The minimum Gasteiger partial charge on any atom is -0.467 e. The molecule has 1 atom stereocenters. The lowest BCUT2D eigenvalue weighted by Gasteiger charge is -2.10. The number of aromatic nitrogens is 2. The molecule has 1 aromatic carbocycles. The summed E-state index contributed by atoms with van der Waals surface area (Å²) in [6, 6.07) is 8.77. The third-order valence-electron chi connectivity index (χ3n) is 3.70. The number of fused-ring (bicyclic) bond motifs is 1. The maximum atomic E-state index is 12.0. The number of carbonyl (C=O) groups is 1. The smallest absolute Gasteiger partial charge is 0.277 e. The van der Waals surface area contributed by atoms with E-state index in [-0.39, 0.29) is 24.5 Å². The van der Waals surface area contributed by atoms with Crippen molar-refractivity contribution in [3.8, 4) is 23.0 Å². The van der Waals surface area contributed by atoms with Crippen LogP contribution in [0.5, 0.6) is 11.5 Å². The summed E-state index contributed by atoms with van der Waals surface area (Å²) in [5.74, 6) is 2.39. The summed E-state index contributed by atoms with van der Waals surface area (Å²) in [7, 11) is 0. The summed E-state index contributed by atoms with van der Waals surface area (Å²) in [6.45, 7) is 2.06. The highest BCUT2D eigenvalue weighted by atomic mass is 32.2. The van der Waals surface area contributed by atoms with Crippen LogP contribution in [-0.2, 0) is 4.79 Å². The number of benzene rings is 1. The molecule has 9 heteroatoms. The van der Waals surface area contributed by atoms with Crippen LogP contribution >= 0.6 is 11.8 Å². The van der Waals surface area contributed by atoms with Crippen LogP contribution in [0.2, 0.25) is 0 Å². The van der Waals surface area contributed by atoms with Gasteiger partial charge in [-0.25, -0.2) is 0 Å². The van der Waals surface area contributed by atoms with Crippen molar-refractivity contribution in [2.24, 2.45) is 0 Å². The average molecular weight is 373 g/mol. The summed E-state index contributed by atoms with van der Waals surface area (Å²) >= 11 is 1.17. The van der Waals surface area contributed by atoms with E-state index in [0.717, 1.165) is 5.56 Å². The van der Waals surface area contributed by atoms with Gasteiger partial charge in [-0.3, -0.25) is 4.79 Å². The van der Waals surface area contributed by atoms with Crippen molar-refractivity contribution < 1.29 is 23.1 Å². The second-order valence-corrected chi connectivity index (χ2v) is 6.46. The first-order chi connectivity index (χ1) is 12.7. The molecule has 1 amide bonds. The molecule has 26 heavy (non-hydrogen) atoms. The first kappa shape index (κ1) is 16.5. The van der Waals surface area contributed by atoms with Crippen LogP contribution in [0.15, 0.2) is 50.7 Å². The van der Waals surface area contributed by atoms with Crippen LogP contribution in [0.1, 0.15) is 18.7 Å². The van der Waals surface area contributed by atoms with Gasteiger partial charge in [0, 0.05) is 5.56 Å². The molecule has 0 saturated carbocycles. The molecular formula is C17H15N3O5S. The van der Waals surface area contributed by atoms with Crippen LogP contribution in [0.3, 0.4) is 0 Å². The van der Waals surface area contributed by atoms with E-state index in [9.17, 15) is 4.79 Å². The molecule has 134 valence electrons. The van der Waals surface area contributed by atoms with Crippen LogP contribution < -0.4 is 14.8 Å². The molecule has 0 fully saturated rings. The Balaban J connectivity index is 1.34. The van der Waals surface area contributed by atoms with Gasteiger partial charge in [-0.05, 0) is 37.3 Å². The molecule has 0 spiro atoms. The van der Waals surface area contributed by atoms with Crippen molar-refractivity contribution in [1.29, 1.82) is 0 Å². The SMILES string of the molecule is C[C@H](NC(=O)CSc1nnc(-c2ccc3c(c2)OCO3)o1)c1ccco1. The lowest BCUT2D eigenvalue weighted by molar-refractivity contribution is -0.119. The van der Waals surface area contributed by atoms with E-state index in [2.05, 4.69) is 15.5 Å². The molecule has 8 nitrogen and oxygen atoms in total. The van der Waals surface area contributed by atoms with Crippen molar-refractivity contribution in [1.82, 2.24) is 15.5 Å². The van der Waals surface area contributed by atoms with Crippen molar-refractivity contribution in [2.75, 3.05) is 12.5 Å². The standard InChI is InChI=1S/C17H15N3O5S/c1-10(12-3-2-6-22-12)18-15(21)8-26-17-20-19-16(25-17)11-4-5-13-14(7-11)24-9-23-13/h2-7,10H,8-9H2,1H3,(H,18,21)/t10-/m0/s1. The van der Waals surface area contributed by atoms with Gasteiger partial charge in [-0.1, -0.05) is 11.8 Å². The van der Waals surface area contributed by atoms with E-state index < -0.39 is 0 Å². The predicted molar refractivity (Wildman–Crippen MR) is 91.8 cm³/mol. The van der Waals surface area contributed by atoms with Gasteiger partial charge >= 0.3 is 0 Å². The largest absolute Gasteiger partial charge is 0.467 e. The first-order valence-electron chi connectivity index (χ1n) is 7.88. The predicted octanol–water partition coefficient (Wildman–Crippen LogP) is 3.03. The molecule has 0 saturated heterocycles. The Hall–Kier alpha value is -2.94. The fourth-order valence-electron chi connectivity index (χ4n) is 2.43. The molecular weight excluding hydrogens is 358 g/mol. The molecule has 0 aliphatic carbocycles. The van der Waals surface area contributed by atoms with E-state index in [1.165, 1.54) is 11.8 Å². The molecule has 1 N–H and O–H groups in total. The lowest BCUT2D eigenvalue weighted by Crippen LogP contribution is -2.27. The summed E-state index contributed by atoms with van der Waals surface area (Å²) in [4.78, 5) is 12.0. The lowest BCUT2D eigenvalue weighted by atomic mass is 10.2. The first-order valence-corrected chi connectivity index (χ1v) is 8.87. The Morgan fingerprint density at radius 2 is 2.15 bits per heavy atom. The second-order valence-electron chi connectivity index (χ2n) is 5.53. The second kappa shape index (κ2) is 7.12. The fourth-order valence-corrected chi connectivity index (χ4v) is 3.01. The van der Waals surface area contributed by atoms with E-state index >= 15 is 0 Å². The maximum Gasteiger partial charge on any atom is 0.277 e. The zero-order chi connectivity index (χ0) is 17.9.